The molecular formula is C14H15ClFN3O2S. The smallest absolute Gasteiger partial charge is 0.246 e. The van der Waals surface area contributed by atoms with Gasteiger partial charge in [0, 0.05) is 25.5 Å². The molecule has 118 valence electrons. The molecule has 0 aliphatic heterocycles. The third-order valence-corrected chi connectivity index (χ3v) is 5.88. The van der Waals surface area contributed by atoms with E-state index in [1.165, 1.54) is 22.5 Å². The number of rotatable bonds is 5. The van der Waals surface area contributed by atoms with Crippen LogP contribution >= 0.6 is 11.6 Å². The Kier molecular flexibility index (Phi) is 3.96. The van der Waals surface area contributed by atoms with Gasteiger partial charge in [-0.05, 0) is 25.0 Å². The Bertz CT molecular complexity index is 802. The van der Waals surface area contributed by atoms with Gasteiger partial charge in [0.25, 0.3) is 0 Å². The highest BCUT2D eigenvalue weighted by molar-refractivity contribution is 7.89. The Balaban J connectivity index is 2.00. The molecule has 2 aromatic rings. The maximum atomic E-state index is 14.1. The standard InChI is InChI=1S/C14H15ClFN3O2S/c1-18-8-7-17-13(18)9-19(10-5-6-10)22(20,21)12-4-2-3-11(15)14(12)16/h2-4,7-8,10H,5-6,9H2,1H3. The zero-order chi connectivity index (χ0) is 15.9. The number of benzene rings is 1. The van der Waals surface area contributed by atoms with Gasteiger partial charge in [0.15, 0.2) is 5.82 Å². The van der Waals surface area contributed by atoms with Crippen molar-refractivity contribution in [2.24, 2.45) is 7.05 Å². The minimum Gasteiger partial charge on any atom is -0.337 e. The number of halogens is 2. The highest BCUT2D eigenvalue weighted by atomic mass is 35.5. The largest absolute Gasteiger partial charge is 0.337 e. The summed E-state index contributed by atoms with van der Waals surface area (Å²) in [6, 6.07) is 3.89. The lowest BCUT2D eigenvalue weighted by Gasteiger charge is -2.22. The van der Waals surface area contributed by atoms with Crippen LogP contribution in [0.25, 0.3) is 0 Å². The molecule has 22 heavy (non-hydrogen) atoms. The Morgan fingerprint density at radius 3 is 2.77 bits per heavy atom. The summed E-state index contributed by atoms with van der Waals surface area (Å²) >= 11 is 5.71. The maximum absolute atomic E-state index is 14.1. The Morgan fingerprint density at radius 1 is 1.45 bits per heavy atom. The molecule has 0 amide bonds. The summed E-state index contributed by atoms with van der Waals surface area (Å²) in [6.07, 6.45) is 4.89. The van der Waals surface area contributed by atoms with E-state index in [0.29, 0.717) is 5.82 Å². The van der Waals surface area contributed by atoms with Crippen molar-refractivity contribution < 1.29 is 12.8 Å². The first-order valence-electron chi connectivity index (χ1n) is 6.83. The van der Waals surface area contributed by atoms with Crippen LogP contribution in [-0.4, -0.2) is 28.3 Å². The van der Waals surface area contributed by atoms with E-state index in [4.69, 9.17) is 11.6 Å². The highest BCUT2D eigenvalue weighted by Gasteiger charge is 2.40. The van der Waals surface area contributed by atoms with Crippen molar-refractivity contribution in [3.05, 3.63) is 47.3 Å². The van der Waals surface area contributed by atoms with E-state index in [1.54, 1.807) is 24.0 Å². The number of hydrogen-bond acceptors (Lipinski definition) is 3. The number of aromatic nitrogens is 2. The second kappa shape index (κ2) is 5.64. The second-order valence-electron chi connectivity index (χ2n) is 5.29. The van der Waals surface area contributed by atoms with Crippen LogP contribution in [0.5, 0.6) is 0 Å². The zero-order valence-electron chi connectivity index (χ0n) is 11.9. The predicted octanol–water partition coefficient (Wildman–Crippen LogP) is 2.57. The summed E-state index contributed by atoms with van der Waals surface area (Å²) in [6.45, 7) is 0.114. The van der Waals surface area contributed by atoms with Crippen LogP contribution in [-0.2, 0) is 23.6 Å². The maximum Gasteiger partial charge on any atom is 0.246 e. The van der Waals surface area contributed by atoms with Crippen molar-refractivity contribution in [1.82, 2.24) is 13.9 Å². The molecule has 1 aromatic carbocycles. The summed E-state index contributed by atoms with van der Waals surface area (Å²) in [7, 11) is -2.17. The molecule has 0 N–H and O–H groups in total. The molecule has 0 bridgehead atoms. The van der Waals surface area contributed by atoms with Gasteiger partial charge >= 0.3 is 0 Å². The van der Waals surface area contributed by atoms with Gasteiger partial charge in [0.1, 0.15) is 10.7 Å². The molecule has 8 heteroatoms. The number of hydrogen-bond donors (Lipinski definition) is 0. The number of aryl methyl sites for hydroxylation is 1. The van der Waals surface area contributed by atoms with E-state index in [1.807, 2.05) is 0 Å². The molecule has 1 aliphatic rings. The molecule has 1 fully saturated rings. The number of imidazole rings is 1. The molecule has 1 aliphatic carbocycles. The summed E-state index contributed by atoms with van der Waals surface area (Å²) in [5.41, 5.74) is 0. The molecule has 3 rings (SSSR count). The third kappa shape index (κ3) is 2.76. The van der Waals surface area contributed by atoms with Crippen molar-refractivity contribution in [2.75, 3.05) is 0 Å². The summed E-state index contributed by atoms with van der Waals surface area (Å²) in [5, 5.41) is -0.200. The van der Waals surface area contributed by atoms with E-state index in [0.717, 1.165) is 12.8 Å². The van der Waals surface area contributed by atoms with Crippen molar-refractivity contribution >= 4 is 21.6 Å². The van der Waals surface area contributed by atoms with Crippen LogP contribution in [0.15, 0.2) is 35.5 Å². The van der Waals surface area contributed by atoms with Crippen molar-refractivity contribution in [3.63, 3.8) is 0 Å². The normalized spacial score (nSPS) is 15.5. The van der Waals surface area contributed by atoms with Gasteiger partial charge < -0.3 is 4.57 Å². The van der Waals surface area contributed by atoms with E-state index in [2.05, 4.69) is 4.98 Å². The monoisotopic (exact) mass is 343 g/mol. The lowest BCUT2D eigenvalue weighted by atomic mass is 10.3. The molecule has 1 aromatic heterocycles. The topological polar surface area (TPSA) is 55.2 Å². The Morgan fingerprint density at radius 2 is 2.18 bits per heavy atom. The Hall–Kier alpha value is -1.44. The van der Waals surface area contributed by atoms with Gasteiger partial charge in [0.05, 0.1) is 11.6 Å². The van der Waals surface area contributed by atoms with Crippen molar-refractivity contribution in [3.8, 4) is 0 Å². The van der Waals surface area contributed by atoms with Crippen LogP contribution in [0.3, 0.4) is 0 Å². The average Bonchev–Trinajstić information content (AvgIpc) is 3.22. The second-order valence-corrected chi connectivity index (χ2v) is 7.55. The fourth-order valence-corrected chi connectivity index (χ4v) is 4.23. The summed E-state index contributed by atoms with van der Waals surface area (Å²) < 4.78 is 42.8. The van der Waals surface area contributed by atoms with E-state index < -0.39 is 15.8 Å². The first-order valence-corrected chi connectivity index (χ1v) is 8.65. The van der Waals surface area contributed by atoms with Gasteiger partial charge in [0.2, 0.25) is 10.0 Å². The predicted molar refractivity (Wildman–Crippen MR) is 80.4 cm³/mol. The van der Waals surface area contributed by atoms with Gasteiger partial charge in [-0.15, -0.1) is 0 Å². The lowest BCUT2D eigenvalue weighted by molar-refractivity contribution is 0.382. The van der Waals surface area contributed by atoms with E-state index in [-0.39, 0.29) is 22.5 Å². The molecule has 1 saturated carbocycles. The van der Waals surface area contributed by atoms with Gasteiger partial charge in [-0.1, -0.05) is 17.7 Å². The van der Waals surface area contributed by atoms with E-state index in [9.17, 15) is 12.8 Å². The van der Waals surface area contributed by atoms with Crippen molar-refractivity contribution in [2.45, 2.75) is 30.3 Å². The first-order chi connectivity index (χ1) is 10.4. The zero-order valence-corrected chi connectivity index (χ0v) is 13.5. The lowest BCUT2D eigenvalue weighted by Crippen LogP contribution is -2.34. The third-order valence-electron chi connectivity index (χ3n) is 3.68. The molecule has 1 heterocycles. The molecule has 0 unspecified atom stereocenters. The minimum atomic E-state index is -3.96. The van der Waals surface area contributed by atoms with Crippen molar-refractivity contribution in [1.29, 1.82) is 0 Å². The molecule has 0 atom stereocenters. The van der Waals surface area contributed by atoms with Crippen LogP contribution < -0.4 is 0 Å². The van der Waals surface area contributed by atoms with Gasteiger partial charge in [-0.3, -0.25) is 0 Å². The Labute approximate surface area is 133 Å². The van der Waals surface area contributed by atoms with E-state index >= 15 is 0 Å². The van der Waals surface area contributed by atoms with Gasteiger partial charge in [-0.25, -0.2) is 17.8 Å². The SMILES string of the molecule is Cn1ccnc1CN(C1CC1)S(=O)(=O)c1cccc(Cl)c1F. The average molecular weight is 344 g/mol. The molecular weight excluding hydrogens is 329 g/mol. The fourth-order valence-electron chi connectivity index (χ4n) is 2.27. The number of sulfonamides is 1. The molecule has 0 radical (unpaired) electrons. The van der Waals surface area contributed by atoms with Crippen LogP contribution in [0.4, 0.5) is 4.39 Å². The molecule has 5 nitrogen and oxygen atoms in total. The van der Waals surface area contributed by atoms with Crippen LogP contribution in [0.2, 0.25) is 5.02 Å². The molecule has 0 saturated heterocycles. The highest BCUT2D eigenvalue weighted by Crippen LogP contribution is 2.35. The first kappa shape index (κ1) is 15.5. The van der Waals surface area contributed by atoms with Gasteiger partial charge in [-0.2, -0.15) is 4.31 Å². The van der Waals surface area contributed by atoms with Crippen LogP contribution in [0.1, 0.15) is 18.7 Å². The minimum absolute atomic E-state index is 0.111. The number of nitrogens with zero attached hydrogens (tertiary/aromatic N) is 3. The fraction of sp³-hybridized carbons (Fsp3) is 0.357. The molecule has 0 spiro atoms. The summed E-state index contributed by atoms with van der Waals surface area (Å²) in [4.78, 5) is 3.76. The quantitative estimate of drug-likeness (QED) is 0.838. The summed E-state index contributed by atoms with van der Waals surface area (Å²) in [5.74, 6) is -0.299. The van der Waals surface area contributed by atoms with Crippen LogP contribution in [0, 0.1) is 5.82 Å².